The van der Waals surface area contributed by atoms with Gasteiger partial charge in [0.15, 0.2) is 0 Å². The van der Waals surface area contributed by atoms with E-state index in [0.717, 1.165) is 17.7 Å². The third kappa shape index (κ3) is 5.53. The number of carbonyl (C=O) groups is 1. The average Bonchev–Trinajstić information content (AvgIpc) is 2.37. The summed E-state index contributed by atoms with van der Waals surface area (Å²) in [6.07, 6.45) is 7.74. The van der Waals surface area contributed by atoms with Crippen LogP contribution in [0.1, 0.15) is 38.2 Å². The van der Waals surface area contributed by atoms with Crippen LogP contribution in [-0.4, -0.2) is 12.5 Å². The van der Waals surface area contributed by atoms with Crippen LogP contribution in [0.4, 0.5) is 0 Å². The van der Waals surface area contributed by atoms with Gasteiger partial charge in [-0.15, -0.1) is 0 Å². The van der Waals surface area contributed by atoms with Crippen LogP contribution in [0.3, 0.4) is 0 Å². The van der Waals surface area contributed by atoms with Crippen molar-refractivity contribution in [1.82, 2.24) is 0 Å². The van der Waals surface area contributed by atoms with E-state index in [1.807, 2.05) is 24.3 Å². The number of ether oxygens (including phenoxy) is 1. The molecule has 0 aliphatic carbocycles. The number of hydrogen-bond donors (Lipinski definition) is 1. The minimum absolute atomic E-state index is 0.451. The van der Waals surface area contributed by atoms with Crippen molar-refractivity contribution in [2.24, 2.45) is 5.73 Å². The lowest BCUT2D eigenvalue weighted by molar-refractivity contribution is -0.113. The molecule has 2 N–H and O–H groups in total. The molecule has 0 saturated heterocycles. The van der Waals surface area contributed by atoms with Crippen molar-refractivity contribution >= 4 is 12.0 Å². The first-order valence-corrected chi connectivity index (χ1v) is 6.43. The maximum Gasteiger partial charge on any atom is 0.241 e. The van der Waals surface area contributed by atoms with E-state index in [9.17, 15) is 4.79 Å². The second-order valence-corrected chi connectivity index (χ2v) is 4.18. The van der Waals surface area contributed by atoms with Crippen LogP contribution in [-0.2, 0) is 4.79 Å². The number of hydrogen-bond acceptors (Lipinski definition) is 2. The van der Waals surface area contributed by atoms with Crippen molar-refractivity contribution in [3.63, 3.8) is 0 Å². The third-order valence-electron chi connectivity index (χ3n) is 2.60. The van der Waals surface area contributed by atoms with Gasteiger partial charge in [0.1, 0.15) is 5.75 Å². The molecule has 0 spiro atoms. The van der Waals surface area contributed by atoms with Crippen molar-refractivity contribution < 1.29 is 9.53 Å². The highest BCUT2D eigenvalue weighted by atomic mass is 16.5. The van der Waals surface area contributed by atoms with Crippen molar-refractivity contribution in [3.8, 4) is 5.75 Å². The molecule has 18 heavy (non-hydrogen) atoms. The molecule has 1 rings (SSSR count). The van der Waals surface area contributed by atoms with Gasteiger partial charge in [0.25, 0.3) is 0 Å². The molecule has 98 valence electrons. The third-order valence-corrected chi connectivity index (χ3v) is 2.60. The van der Waals surface area contributed by atoms with Crippen molar-refractivity contribution in [2.75, 3.05) is 6.61 Å². The molecule has 1 aromatic carbocycles. The Morgan fingerprint density at radius 2 is 2.06 bits per heavy atom. The highest BCUT2D eigenvalue weighted by Crippen LogP contribution is 2.19. The number of benzene rings is 1. The first-order chi connectivity index (χ1) is 8.74. The van der Waals surface area contributed by atoms with E-state index in [-0.39, 0.29) is 0 Å². The molecule has 1 aromatic rings. The lowest BCUT2D eigenvalue weighted by Crippen LogP contribution is -2.05. The summed E-state index contributed by atoms with van der Waals surface area (Å²) >= 11 is 0. The van der Waals surface area contributed by atoms with Crippen molar-refractivity contribution in [1.29, 1.82) is 0 Å². The van der Waals surface area contributed by atoms with E-state index < -0.39 is 5.91 Å². The Balaban J connectivity index is 2.51. The molecular formula is C15H21NO2. The number of nitrogens with two attached hydrogens (primary N) is 1. The zero-order valence-corrected chi connectivity index (χ0v) is 10.9. The Labute approximate surface area is 109 Å². The molecule has 0 aliphatic heterocycles. The van der Waals surface area contributed by atoms with E-state index >= 15 is 0 Å². The van der Waals surface area contributed by atoms with Gasteiger partial charge >= 0.3 is 0 Å². The number of unbranched alkanes of at least 4 members (excludes halogenated alkanes) is 3. The van der Waals surface area contributed by atoms with Gasteiger partial charge in [-0.1, -0.05) is 44.4 Å². The van der Waals surface area contributed by atoms with Gasteiger partial charge in [0, 0.05) is 11.6 Å². The summed E-state index contributed by atoms with van der Waals surface area (Å²) in [4.78, 5) is 10.7. The maximum absolute atomic E-state index is 10.7. The number of para-hydroxylation sites is 1. The standard InChI is InChI=1S/C15H21NO2/c1-2-3-4-7-12-18-14-9-6-5-8-13(14)10-11-15(16)17/h5-6,8-11H,2-4,7,12H2,1H3,(H2,16,17)/b11-10-. The average molecular weight is 247 g/mol. The number of rotatable bonds is 8. The van der Waals surface area contributed by atoms with Crippen molar-refractivity contribution in [2.45, 2.75) is 32.6 Å². The fourth-order valence-corrected chi connectivity index (χ4v) is 1.63. The molecule has 0 aromatic heterocycles. The molecular weight excluding hydrogens is 226 g/mol. The molecule has 0 fully saturated rings. The Morgan fingerprint density at radius 3 is 2.78 bits per heavy atom. The minimum atomic E-state index is -0.451. The first-order valence-electron chi connectivity index (χ1n) is 6.43. The maximum atomic E-state index is 10.7. The summed E-state index contributed by atoms with van der Waals surface area (Å²) in [6, 6.07) is 7.63. The molecule has 3 heteroatoms. The lowest BCUT2D eigenvalue weighted by atomic mass is 10.2. The van der Waals surface area contributed by atoms with Gasteiger partial charge in [-0.25, -0.2) is 0 Å². The second-order valence-electron chi connectivity index (χ2n) is 4.18. The molecule has 0 bridgehead atoms. The number of carbonyl (C=O) groups excluding carboxylic acids is 1. The zero-order chi connectivity index (χ0) is 13.2. The highest BCUT2D eigenvalue weighted by molar-refractivity contribution is 5.90. The van der Waals surface area contributed by atoms with Crippen LogP contribution >= 0.6 is 0 Å². The van der Waals surface area contributed by atoms with E-state index in [4.69, 9.17) is 10.5 Å². The van der Waals surface area contributed by atoms with Crippen LogP contribution in [0.5, 0.6) is 5.75 Å². The summed E-state index contributed by atoms with van der Waals surface area (Å²) in [7, 11) is 0. The summed E-state index contributed by atoms with van der Waals surface area (Å²) in [5.41, 5.74) is 5.96. The first kappa shape index (κ1) is 14.3. The monoisotopic (exact) mass is 247 g/mol. The Morgan fingerprint density at radius 1 is 1.28 bits per heavy atom. The largest absolute Gasteiger partial charge is 0.493 e. The zero-order valence-electron chi connectivity index (χ0n) is 10.9. The predicted molar refractivity (Wildman–Crippen MR) is 74.3 cm³/mol. The van der Waals surface area contributed by atoms with E-state index in [0.29, 0.717) is 6.61 Å². The fraction of sp³-hybridized carbons (Fsp3) is 0.400. The Kier molecular flexibility index (Phi) is 6.62. The van der Waals surface area contributed by atoms with Crippen LogP contribution in [0.25, 0.3) is 6.08 Å². The fourth-order valence-electron chi connectivity index (χ4n) is 1.63. The number of primary amides is 1. The van der Waals surface area contributed by atoms with Gasteiger partial charge in [-0.3, -0.25) is 4.79 Å². The van der Waals surface area contributed by atoms with Crippen LogP contribution in [0.2, 0.25) is 0 Å². The molecule has 0 aliphatic rings. The Bertz CT molecular complexity index is 399. The van der Waals surface area contributed by atoms with E-state index in [1.54, 1.807) is 6.08 Å². The van der Waals surface area contributed by atoms with E-state index in [2.05, 4.69) is 6.92 Å². The number of amides is 1. The van der Waals surface area contributed by atoms with Crippen LogP contribution in [0.15, 0.2) is 30.3 Å². The summed E-state index contributed by atoms with van der Waals surface area (Å²) < 4.78 is 5.71. The smallest absolute Gasteiger partial charge is 0.241 e. The molecule has 0 radical (unpaired) electrons. The van der Waals surface area contributed by atoms with Gasteiger partial charge in [-0.05, 0) is 18.6 Å². The lowest BCUT2D eigenvalue weighted by Gasteiger charge is -2.08. The van der Waals surface area contributed by atoms with Gasteiger partial charge in [-0.2, -0.15) is 0 Å². The topological polar surface area (TPSA) is 52.3 Å². The molecule has 3 nitrogen and oxygen atoms in total. The normalized spacial score (nSPS) is 10.7. The van der Waals surface area contributed by atoms with Gasteiger partial charge in [0.2, 0.25) is 5.91 Å². The highest BCUT2D eigenvalue weighted by Gasteiger charge is 1.99. The van der Waals surface area contributed by atoms with Crippen molar-refractivity contribution in [3.05, 3.63) is 35.9 Å². The second kappa shape index (κ2) is 8.34. The molecule has 0 saturated carbocycles. The quantitative estimate of drug-likeness (QED) is 0.566. The van der Waals surface area contributed by atoms with E-state index in [1.165, 1.54) is 25.3 Å². The van der Waals surface area contributed by atoms with Gasteiger partial charge < -0.3 is 10.5 Å². The molecule has 1 amide bonds. The summed E-state index contributed by atoms with van der Waals surface area (Å²) in [5.74, 6) is 0.347. The van der Waals surface area contributed by atoms with Gasteiger partial charge in [0.05, 0.1) is 6.61 Å². The molecule has 0 atom stereocenters. The predicted octanol–water partition coefficient (Wildman–Crippen LogP) is 3.14. The summed E-state index contributed by atoms with van der Waals surface area (Å²) in [5, 5.41) is 0. The Hall–Kier alpha value is -1.77. The van der Waals surface area contributed by atoms with Crippen LogP contribution < -0.4 is 10.5 Å². The molecule has 0 unspecified atom stereocenters. The molecule has 0 heterocycles. The SMILES string of the molecule is CCCCCCOc1ccccc1/C=C\C(N)=O. The minimum Gasteiger partial charge on any atom is -0.493 e. The summed E-state index contributed by atoms with van der Waals surface area (Å²) in [6.45, 7) is 2.90. The van der Waals surface area contributed by atoms with Crippen LogP contribution in [0, 0.1) is 0 Å².